The minimum absolute atomic E-state index is 0.104. The van der Waals surface area contributed by atoms with Crippen molar-refractivity contribution in [3.8, 4) is 0 Å². The van der Waals surface area contributed by atoms with E-state index in [-0.39, 0.29) is 11.7 Å². The van der Waals surface area contributed by atoms with Gasteiger partial charge in [-0.2, -0.15) is 0 Å². The Labute approximate surface area is 192 Å². The average molecular weight is 449 g/mol. The molecule has 180 valence electrons. The van der Waals surface area contributed by atoms with Crippen LogP contribution in [0.15, 0.2) is 23.2 Å². The quantitative estimate of drug-likeness (QED) is 0.359. The van der Waals surface area contributed by atoms with E-state index < -0.39 is 0 Å². The molecule has 0 spiro atoms. The molecule has 1 amide bonds. The first-order valence-electron chi connectivity index (χ1n) is 12.1. The van der Waals surface area contributed by atoms with E-state index in [0.29, 0.717) is 24.8 Å². The predicted molar refractivity (Wildman–Crippen MR) is 131 cm³/mol. The summed E-state index contributed by atoms with van der Waals surface area (Å²) in [7, 11) is 0. The maximum atomic E-state index is 14.6. The number of carbonyl (C=O) groups is 1. The third kappa shape index (κ3) is 8.30. The summed E-state index contributed by atoms with van der Waals surface area (Å²) in [4.78, 5) is 20.8. The van der Waals surface area contributed by atoms with Crippen LogP contribution in [-0.2, 0) is 11.3 Å². The fourth-order valence-electron chi connectivity index (χ4n) is 3.91. The van der Waals surface area contributed by atoms with Crippen LogP contribution >= 0.6 is 0 Å². The summed E-state index contributed by atoms with van der Waals surface area (Å²) in [5.41, 5.74) is 1.49. The Hall–Kier alpha value is -2.35. The summed E-state index contributed by atoms with van der Waals surface area (Å²) in [5.74, 6) is 0.655. The molecule has 1 fully saturated rings. The Morgan fingerprint density at radius 3 is 2.47 bits per heavy atom. The van der Waals surface area contributed by atoms with Crippen LogP contribution in [0, 0.1) is 5.82 Å². The van der Waals surface area contributed by atoms with Crippen molar-refractivity contribution in [1.82, 2.24) is 20.9 Å². The minimum Gasteiger partial charge on any atom is -0.370 e. The van der Waals surface area contributed by atoms with Crippen molar-refractivity contribution < 1.29 is 9.18 Å². The fourth-order valence-corrected chi connectivity index (χ4v) is 3.91. The van der Waals surface area contributed by atoms with Crippen LogP contribution in [0.3, 0.4) is 0 Å². The summed E-state index contributed by atoms with van der Waals surface area (Å²) < 4.78 is 14.6. The van der Waals surface area contributed by atoms with Gasteiger partial charge in [-0.15, -0.1) is 0 Å². The maximum absolute atomic E-state index is 14.6. The van der Waals surface area contributed by atoms with Crippen LogP contribution in [0.4, 0.5) is 10.1 Å². The molecule has 1 aromatic rings. The molecule has 3 N–H and O–H groups in total. The molecule has 0 atom stereocenters. The van der Waals surface area contributed by atoms with Gasteiger partial charge in [-0.1, -0.05) is 13.0 Å². The summed E-state index contributed by atoms with van der Waals surface area (Å²) in [6.07, 6.45) is 2.87. The molecular formula is C24H41FN6O. The van der Waals surface area contributed by atoms with Gasteiger partial charge in [0.2, 0.25) is 5.91 Å². The van der Waals surface area contributed by atoms with Crippen LogP contribution in [0.1, 0.15) is 52.5 Å². The molecule has 7 nitrogen and oxygen atoms in total. The van der Waals surface area contributed by atoms with Crippen molar-refractivity contribution in [3.63, 3.8) is 0 Å². The van der Waals surface area contributed by atoms with Crippen LogP contribution < -0.4 is 20.9 Å². The second-order valence-corrected chi connectivity index (χ2v) is 8.20. The minimum atomic E-state index is -0.199. The maximum Gasteiger partial charge on any atom is 0.234 e. The van der Waals surface area contributed by atoms with E-state index in [9.17, 15) is 9.18 Å². The number of piperidine rings is 1. The molecule has 1 aliphatic rings. The number of halogens is 1. The zero-order valence-electron chi connectivity index (χ0n) is 20.2. The zero-order chi connectivity index (χ0) is 23.3. The number of aliphatic imine (C=N–C) groups is 1. The van der Waals surface area contributed by atoms with E-state index in [4.69, 9.17) is 0 Å². The average Bonchev–Trinajstić information content (AvgIpc) is 2.79. The van der Waals surface area contributed by atoms with Crippen molar-refractivity contribution in [1.29, 1.82) is 0 Å². The van der Waals surface area contributed by atoms with Gasteiger partial charge in [0.25, 0.3) is 0 Å². The second kappa shape index (κ2) is 13.9. The first-order chi connectivity index (χ1) is 15.5. The van der Waals surface area contributed by atoms with Gasteiger partial charge in [0.05, 0.1) is 18.8 Å². The Balaban J connectivity index is 1.88. The number of anilines is 1. The standard InChI is InChI=1S/C24H41FN6O/c1-5-13-27-23(32)18-30-14-11-20(12-15-30)29-24(26-6-2)28-17-19-9-10-22(21(25)16-19)31(7-3)8-4/h9-10,16,20H,5-8,11-15,17-18H2,1-4H3,(H,27,32)(H2,26,28,29). The number of benzene rings is 1. The number of likely N-dealkylation sites (tertiary alicyclic amines) is 1. The van der Waals surface area contributed by atoms with Gasteiger partial charge in [0.15, 0.2) is 5.96 Å². The van der Waals surface area contributed by atoms with Crippen molar-refractivity contribution in [2.75, 3.05) is 50.7 Å². The number of hydrogen-bond acceptors (Lipinski definition) is 4. The lowest BCUT2D eigenvalue weighted by atomic mass is 10.1. The highest BCUT2D eigenvalue weighted by Crippen LogP contribution is 2.20. The molecule has 1 saturated heterocycles. The van der Waals surface area contributed by atoms with E-state index in [2.05, 4.69) is 32.8 Å². The van der Waals surface area contributed by atoms with Gasteiger partial charge in [0.1, 0.15) is 5.82 Å². The van der Waals surface area contributed by atoms with Gasteiger partial charge in [-0.25, -0.2) is 9.38 Å². The highest BCUT2D eigenvalue weighted by atomic mass is 19.1. The zero-order valence-corrected chi connectivity index (χ0v) is 20.2. The Morgan fingerprint density at radius 2 is 1.88 bits per heavy atom. The number of amides is 1. The summed E-state index contributed by atoms with van der Waals surface area (Å²) >= 11 is 0. The molecule has 1 heterocycles. The number of rotatable bonds is 11. The Bertz CT molecular complexity index is 729. The van der Waals surface area contributed by atoms with E-state index in [1.807, 2.05) is 37.8 Å². The van der Waals surface area contributed by atoms with Crippen molar-refractivity contribution >= 4 is 17.6 Å². The highest BCUT2D eigenvalue weighted by molar-refractivity contribution is 5.80. The molecule has 2 rings (SSSR count). The van der Waals surface area contributed by atoms with E-state index in [0.717, 1.165) is 70.1 Å². The second-order valence-electron chi connectivity index (χ2n) is 8.20. The van der Waals surface area contributed by atoms with Crippen molar-refractivity contribution in [3.05, 3.63) is 29.6 Å². The van der Waals surface area contributed by atoms with Crippen LogP contribution in [0.2, 0.25) is 0 Å². The summed E-state index contributed by atoms with van der Waals surface area (Å²) in [5, 5.41) is 9.73. The lowest BCUT2D eigenvalue weighted by molar-refractivity contribution is -0.122. The molecule has 0 bridgehead atoms. The molecule has 0 saturated carbocycles. The molecule has 1 aromatic carbocycles. The highest BCUT2D eigenvalue weighted by Gasteiger charge is 2.21. The molecule has 0 radical (unpaired) electrons. The normalized spacial score (nSPS) is 15.5. The number of nitrogens with zero attached hydrogens (tertiary/aromatic N) is 3. The molecule has 32 heavy (non-hydrogen) atoms. The van der Waals surface area contributed by atoms with Gasteiger partial charge in [0, 0.05) is 45.3 Å². The summed E-state index contributed by atoms with van der Waals surface area (Å²) in [6.45, 7) is 13.9. The lowest BCUT2D eigenvalue weighted by Gasteiger charge is -2.32. The number of hydrogen-bond donors (Lipinski definition) is 3. The van der Waals surface area contributed by atoms with E-state index in [1.54, 1.807) is 6.07 Å². The molecule has 0 unspecified atom stereocenters. The number of nitrogens with one attached hydrogen (secondary N) is 3. The fraction of sp³-hybridized carbons (Fsp3) is 0.667. The van der Waals surface area contributed by atoms with Crippen molar-refractivity contribution in [2.45, 2.75) is 59.5 Å². The molecule has 0 aliphatic carbocycles. The van der Waals surface area contributed by atoms with E-state index >= 15 is 0 Å². The first-order valence-corrected chi connectivity index (χ1v) is 12.1. The monoisotopic (exact) mass is 448 g/mol. The Morgan fingerprint density at radius 1 is 1.16 bits per heavy atom. The number of carbonyl (C=O) groups excluding carboxylic acids is 1. The van der Waals surface area contributed by atoms with Gasteiger partial charge >= 0.3 is 0 Å². The molecule has 0 aromatic heterocycles. The first kappa shape index (κ1) is 25.9. The summed E-state index contributed by atoms with van der Waals surface area (Å²) in [6, 6.07) is 5.69. The molecule has 1 aliphatic heterocycles. The van der Waals surface area contributed by atoms with Gasteiger partial charge in [-0.3, -0.25) is 9.69 Å². The Kier molecular flexibility index (Phi) is 11.3. The molecular weight excluding hydrogens is 407 g/mol. The van der Waals surface area contributed by atoms with Crippen LogP contribution in [-0.4, -0.2) is 68.6 Å². The lowest BCUT2D eigenvalue weighted by Crippen LogP contribution is -2.50. The van der Waals surface area contributed by atoms with Crippen LogP contribution in [0.5, 0.6) is 0 Å². The van der Waals surface area contributed by atoms with E-state index in [1.165, 1.54) is 0 Å². The van der Waals surface area contributed by atoms with Crippen molar-refractivity contribution in [2.24, 2.45) is 4.99 Å². The van der Waals surface area contributed by atoms with Crippen LogP contribution in [0.25, 0.3) is 0 Å². The molecule has 8 heteroatoms. The SMILES string of the molecule is CCCNC(=O)CN1CCC(NC(=NCc2ccc(N(CC)CC)c(F)c2)NCC)CC1. The number of guanidine groups is 1. The third-order valence-electron chi connectivity index (χ3n) is 5.75. The third-order valence-corrected chi connectivity index (χ3v) is 5.75. The predicted octanol–water partition coefficient (Wildman–Crippen LogP) is 2.72. The van der Waals surface area contributed by atoms with Gasteiger partial charge < -0.3 is 20.9 Å². The largest absolute Gasteiger partial charge is 0.370 e. The topological polar surface area (TPSA) is 72.0 Å². The van der Waals surface area contributed by atoms with Gasteiger partial charge in [-0.05, 0) is 57.7 Å². The smallest absolute Gasteiger partial charge is 0.234 e.